The first-order valence-corrected chi connectivity index (χ1v) is 9.52. The number of esters is 1. The molecule has 0 saturated heterocycles. The molecule has 0 aliphatic heterocycles. The van der Waals surface area contributed by atoms with Crippen molar-refractivity contribution in [1.29, 1.82) is 0 Å². The van der Waals surface area contributed by atoms with Crippen LogP contribution in [0.5, 0.6) is 0 Å². The smallest absolute Gasteiger partial charge is 0.338 e. The number of oxazole rings is 1. The lowest BCUT2D eigenvalue weighted by atomic mass is 10.2. The number of carbonyl (C=O) groups excluding carboxylic acids is 1. The minimum Gasteiger partial charge on any atom is -0.461 e. The lowest BCUT2D eigenvalue weighted by Crippen LogP contribution is -2.27. The Morgan fingerprint density at radius 1 is 1.11 bits per heavy atom. The average molecular weight is 407 g/mol. The first-order valence-electron chi connectivity index (χ1n) is 8.76. The highest BCUT2D eigenvalue weighted by Crippen LogP contribution is 2.29. The van der Waals surface area contributed by atoms with Crippen molar-refractivity contribution >= 4 is 40.3 Å². The fourth-order valence-electron chi connectivity index (χ4n) is 2.74. The van der Waals surface area contributed by atoms with Crippen LogP contribution in [0.15, 0.2) is 40.8 Å². The Hall–Kier alpha value is -2.08. The number of rotatable bonds is 7. The Labute approximate surface area is 167 Å². The molecule has 1 aromatic heterocycles. The fraction of sp³-hybridized carbons (Fsp3) is 0.300. The number of ether oxygens (including phenoxy) is 1. The number of fused-ring (bicyclic) bond motifs is 1. The third kappa shape index (κ3) is 4.80. The standard InChI is InChI=1S/C20H20Cl2N2O3/c1-3-24(4-2)7-8-26-20(25)13-5-6-17-18(11-13)27-19(23-17)14-9-15(21)12-16(22)10-14/h5-6,9-12H,3-4,7-8H2,1-2H3. The molecular formula is C20H20Cl2N2O3. The average Bonchev–Trinajstić information content (AvgIpc) is 3.07. The monoisotopic (exact) mass is 406 g/mol. The highest BCUT2D eigenvalue weighted by molar-refractivity contribution is 6.35. The number of likely N-dealkylation sites (N-methyl/N-ethyl adjacent to an activating group) is 1. The van der Waals surface area contributed by atoms with Gasteiger partial charge in [-0.15, -0.1) is 0 Å². The highest BCUT2D eigenvalue weighted by Gasteiger charge is 2.14. The number of nitrogens with zero attached hydrogens (tertiary/aromatic N) is 2. The zero-order valence-corrected chi connectivity index (χ0v) is 16.7. The zero-order chi connectivity index (χ0) is 19.4. The van der Waals surface area contributed by atoms with Crippen LogP contribution >= 0.6 is 23.2 Å². The number of carbonyl (C=O) groups is 1. The molecule has 0 unspecified atom stereocenters. The van der Waals surface area contributed by atoms with Gasteiger partial charge >= 0.3 is 5.97 Å². The van der Waals surface area contributed by atoms with Gasteiger partial charge < -0.3 is 14.1 Å². The Morgan fingerprint density at radius 3 is 2.48 bits per heavy atom. The van der Waals surface area contributed by atoms with Gasteiger partial charge in [0.2, 0.25) is 5.89 Å². The lowest BCUT2D eigenvalue weighted by molar-refractivity contribution is 0.0466. The zero-order valence-electron chi connectivity index (χ0n) is 15.2. The molecule has 0 radical (unpaired) electrons. The van der Waals surface area contributed by atoms with Crippen molar-refractivity contribution in [3.63, 3.8) is 0 Å². The summed E-state index contributed by atoms with van der Waals surface area (Å²) in [5, 5.41) is 0.995. The number of halogens is 2. The molecule has 1 heterocycles. The van der Waals surface area contributed by atoms with E-state index < -0.39 is 0 Å². The van der Waals surface area contributed by atoms with Crippen LogP contribution in [-0.4, -0.2) is 42.1 Å². The Bertz CT molecular complexity index is 931. The van der Waals surface area contributed by atoms with Gasteiger partial charge in [0.15, 0.2) is 5.58 Å². The minimum absolute atomic E-state index is 0.348. The third-order valence-electron chi connectivity index (χ3n) is 4.27. The van der Waals surface area contributed by atoms with E-state index >= 15 is 0 Å². The molecule has 3 aromatic rings. The van der Waals surface area contributed by atoms with Gasteiger partial charge in [0, 0.05) is 22.2 Å². The predicted octanol–water partition coefficient (Wildman–Crippen LogP) is 5.30. The first kappa shape index (κ1) is 19.7. The van der Waals surface area contributed by atoms with Crippen molar-refractivity contribution in [1.82, 2.24) is 9.88 Å². The summed E-state index contributed by atoms with van der Waals surface area (Å²) in [5.41, 5.74) is 2.24. The maximum absolute atomic E-state index is 12.3. The SMILES string of the molecule is CCN(CC)CCOC(=O)c1ccc2nc(-c3cc(Cl)cc(Cl)c3)oc2c1. The molecule has 7 heteroatoms. The normalized spacial score (nSPS) is 11.3. The van der Waals surface area contributed by atoms with E-state index in [0.717, 1.165) is 13.1 Å². The van der Waals surface area contributed by atoms with Crippen LogP contribution < -0.4 is 0 Å². The summed E-state index contributed by atoms with van der Waals surface area (Å²) < 4.78 is 11.1. The first-order chi connectivity index (χ1) is 13.0. The quantitative estimate of drug-likeness (QED) is 0.498. The van der Waals surface area contributed by atoms with Gasteiger partial charge in [0.05, 0.1) is 5.56 Å². The summed E-state index contributed by atoms with van der Waals surface area (Å²) in [6, 6.07) is 10.1. The fourth-order valence-corrected chi connectivity index (χ4v) is 3.27. The van der Waals surface area contributed by atoms with Crippen molar-refractivity contribution in [3.8, 4) is 11.5 Å². The molecule has 0 amide bonds. The van der Waals surface area contributed by atoms with E-state index in [2.05, 4.69) is 23.7 Å². The van der Waals surface area contributed by atoms with Gasteiger partial charge in [0.1, 0.15) is 12.1 Å². The van der Waals surface area contributed by atoms with Crippen LogP contribution in [-0.2, 0) is 4.74 Å². The Morgan fingerprint density at radius 2 is 1.81 bits per heavy atom. The molecule has 142 valence electrons. The summed E-state index contributed by atoms with van der Waals surface area (Å²) >= 11 is 12.1. The second-order valence-electron chi connectivity index (χ2n) is 6.02. The third-order valence-corrected chi connectivity index (χ3v) is 4.71. The van der Waals surface area contributed by atoms with Crippen LogP contribution in [0.3, 0.4) is 0 Å². The van der Waals surface area contributed by atoms with Crippen molar-refractivity contribution in [2.45, 2.75) is 13.8 Å². The number of hydrogen-bond acceptors (Lipinski definition) is 5. The summed E-state index contributed by atoms with van der Waals surface area (Å²) in [4.78, 5) is 18.9. The van der Waals surface area contributed by atoms with Gasteiger partial charge in [-0.1, -0.05) is 37.0 Å². The van der Waals surface area contributed by atoms with E-state index in [0.29, 0.717) is 51.3 Å². The van der Waals surface area contributed by atoms with Gasteiger partial charge in [-0.2, -0.15) is 0 Å². The molecule has 2 aromatic carbocycles. The van der Waals surface area contributed by atoms with E-state index in [-0.39, 0.29) is 5.97 Å². The molecule has 0 saturated carbocycles. The van der Waals surface area contributed by atoms with Gasteiger partial charge in [-0.3, -0.25) is 0 Å². The van der Waals surface area contributed by atoms with E-state index in [9.17, 15) is 4.79 Å². The second-order valence-corrected chi connectivity index (χ2v) is 6.90. The summed E-state index contributed by atoms with van der Waals surface area (Å²) in [6.45, 7) is 7.06. The van der Waals surface area contributed by atoms with Gasteiger partial charge in [-0.05, 0) is 49.5 Å². The molecule has 0 bridgehead atoms. The number of aromatic nitrogens is 1. The van der Waals surface area contributed by atoms with Crippen molar-refractivity contribution in [2.75, 3.05) is 26.2 Å². The maximum Gasteiger partial charge on any atom is 0.338 e. The van der Waals surface area contributed by atoms with Crippen molar-refractivity contribution < 1.29 is 13.9 Å². The molecular weight excluding hydrogens is 387 g/mol. The minimum atomic E-state index is -0.382. The highest BCUT2D eigenvalue weighted by atomic mass is 35.5. The largest absolute Gasteiger partial charge is 0.461 e. The van der Waals surface area contributed by atoms with E-state index in [1.807, 2.05) is 0 Å². The van der Waals surface area contributed by atoms with Gasteiger partial charge in [-0.25, -0.2) is 9.78 Å². The lowest BCUT2D eigenvalue weighted by Gasteiger charge is -2.17. The summed E-state index contributed by atoms with van der Waals surface area (Å²) in [7, 11) is 0. The topological polar surface area (TPSA) is 55.6 Å². The molecule has 0 spiro atoms. The van der Waals surface area contributed by atoms with Crippen LogP contribution in [0.1, 0.15) is 24.2 Å². The van der Waals surface area contributed by atoms with Crippen molar-refractivity contribution in [2.24, 2.45) is 0 Å². The van der Waals surface area contributed by atoms with Crippen LogP contribution in [0.2, 0.25) is 10.0 Å². The molecule has 0 N–H and O–H groups in total. The molecule has 0 fully saturated rings. The molecule has 0 atom stereocenters. The van der Waals surface area contributed by atoms with Crippen LogP contribution in [0.25, 0.3) is 22.6 Å². The predicted molar refractivity (Wildman–Crippen MR) is 108 cm³/mol. The number of benzene rings is 2. The molecule has 0 aliphatic rings. The van der Waals surface area contributed by atoms with Gasteiger partial charge in [0.25, 0.3) is 0 Å². The maximum atomic E-state index is 12.3. The molecule has 27 heavy (non-hydrogen) atoms. The van der Waals surface area contributed by atoms with Crippen molar-refractivity contribution in [3.05, 3.63) is 52.0 Å². The molecule has 5 nitrogen and oxygen atoms in total. The van der Waals surface area contributed by atoms with Crippen LogP contribution in [0.4, 0.5) is 0 Å². The Kier molecular flexibility index (Phi) is 6.37. The van der Waals surface area contributed by atoms with E-state index in [1.54, 1.807) is 36.4 Å². The Balaban J connectivity index is 1.76. The van der Waals surface area contributed by atoms with E-state index in [1.165, 1.54) is 0 Å². The van der Waals surface area contributed by atoms with Crippen LogP contribution in [0, 0.1) is 0 Å². The number of hydrogen-bond donors (Lipinski definition) is 0. The molecule has 3 rings (SSSR count). The molecule has 0 aliphatic carbocycles. The van der Waals surface area contributed by atoms with E-state index in [4.69, 9.17) is 32.4 Å². The second kappa shape index (κ2) is 8.74. The summed E-state index contributed by atoms with van der Waals surface area (Å²) in [6.07, 6.45) is 0. The summed E-state index contributed by atoms with van der Waals surface area (Å²) in [5.74, 6) is 0.00857.